The van der Waals surface area contributed by atoms with E-state index >= 15 is 0 Å². The summed E-state index contributed by atoms with van der Waals surface area (Å²) in [7, 11) is -1.95. The van der Waals surface area contributed by atoms with Crippen molar-refractivity contribution < 1.29 is 17.7 Å². The van der Waals surface area contributed by atoms with Crippen LogP contribution in [-0.4, -0.2) is 20.7 Å². The van der Waals surface area contributed by atoms with Crippen LogP contribution in [0.15, 0.2) is 16.6 Å². The van der Waals surface area contributed by atoms with Crippen molar-refractivity contribution in [2.24, 2.45) is 5.73 Å². The van der Waals surface area contributed by atoms with Gasteiger partial charge in [0.2, 0.25) is 0 Å². The molecule has 1 atom stereocenters. The predicted octanol–water partition coefficient (Wildman–Crippen LogP) is 3.15. The maximum absolute atomic E-state index is 9.67. The first kappa shape index (κ1) is 15.4. The number of benzene rings is 1. The highest BCUT2D eigenvalue weighted by Crippen LogP contribution is 2.34. The van der Waals surface area contributed by atoms with E-state index in [2.05, 4.69) is 22.0 Å². The Morgan fingerprint density at radius 1 is 1.33 bits per heavy atom. The summed E-state index contributed by atoms with van der Waals surface area (Å²) in [4.78, 5) is 0. The zero-order chi connectivity index (χ0) is 13.7. The van der Waals surface area contributed by atoms with E-state index in [0.717, 1.165) is 25.0 Å². The molecule has 1 aromatic carbocycles. The molecule has 1 aliphatic rings. The molecule has 0 saturated carbocycles. The minimum Gasteiger partial charge on any atom is -0.496 e. The van der Waals surface area contributed by atoms with Gasteiger partial charge in [-0.25, -0.2) is 0 Å². The molecule has 0 saturated heterocycles. The van der Waals surface area contributed by atoms with Gasteiger partial charge in [-0.05, 0) is 42.5 Å². The molecule has 0 amide bonds. The predicted molar refractivity (Wildman–Crippen MR) is 69.8 cm³/mol. The van der Waals surface area contributed by atoms with Crippen molar-refractivity contribution in [2.45, 2.75) is 25.3 Å². The summed E-state index contributed by atoms with van der Waals surface area (Å²) in [6.45, 7) is 0. The van der Waals surface area contributed by atoms with Crippen LogP contribution in [0.5, 0.6) is 5.75 Å². The number of nitrogens with two attached hydrogens (primary N) is 1. The van der Waals surface area contributed by atoms with Gasteiger partial charge in [-0.1, -0.05) is 15.9 Å². The van der Waals surface area contributed by atoms with Gasteiger partial charge >= 0.3 is 7.54 Å². The van der Waals surface area contributed by atoms with E-state index in [0.29, 0.717) is 0 Å². The van der Waals surface area contributed by atoms with Crippen molar-refractivity contribution in [1.29, 1.82) is 0 Å². The quantitative estimate of drug-likeness (QED) is 0.806. The lowest BCUT2D eigenvalue weighted by molar-refractivity contribution is 0.403. The number of fused-ring (bicyclic) bond motifs is 1. The second kappa shape index (κ2) is 7.04. The zero-order valence-corrected chi connectivity index (χ0v) is 11.5. The molecule has 0 spiro atoms. The number of methoxy groups -OCH3 is 1. The van der Waals surface area contributed by atoms with E-state index < -0.39 is 7.54 Å². The van der Waals surface area contributed by atoms with Crippen LogP contribution in [0.3, 0.4) is 0 Å². The van der Waals surface area contributed by atoms with E-state index in [1.165, 1.54) is 15.6 Å². The van der Waals surface area contributed by atoms with Gasteiger partial charge in [0.1, 0.15) is 5.75 Å². The van der Waals surface area contributed by atoms with Crippen molar-refractivity contribution in [3.8, 4) is 5.75 Å². The molecular formula is C11H14BBrF3NO. The lowest BCUT2D eigenvalue weighted by Crippen LogP contribution is -2.28. The summed E-state index contributed by atoms with van der Waals surface area (Å²) in [5.74, 6) is 0.971. The van der Waals surface area contributed by atoms with Gasteiger partial charge in [-0.15, -0.1) is 0 Å². The summed E-state index contributed by atoms with van der Waals surface area (Å²) in [5.41, 5.74) is 8.60. The van der Waals surface area contributed by atoms with E-state index in [1.807, 2.05) is 6.07 Å². The van der Waals surface area contributed by atoms with Gasteiger partial charge in [0.05, 0.1) is 7.11 Å². The summed E-state index contributed by atoms with van der Waals surface area (Å²) >= 11 is 3.57. The lowest BCUT2D eigenvalue weighted by atomic mass is 9.88. The number of hydrogen-bond donors (Lipinski definition) is 1. The Kier molecular flexibility index (Phi) is 6.01. The molecule has 0 heterocycles. The van der Waals surface area contributed by atoms with Gasteiger partial charge in [0.25, 0.3) is 0 Å². The largest absolute Gasteiger partial charge is 0.762 e. The van der Waals surface area contributed by atoms with Crippen molar-refractivity contribution >= 4 is 23.5 Å². The van der Waals surface area contributed by atoms with Crippen LogP contribution in [0.25, 0.3) is 0 Å². The van der Waals surface area contributed by atoms with Gasteiger partial charge in [-0.2, -0.15) is 0 Å². The molecule has 1 unspecified atom stereocenters. The van der Waals surface area contributed by atoms with Crippen molar-refractivity contribution in [2.75, 3.05) is 7.11 Å². The third-order valence-corrected chi connectivity index (χ3v) is 3.53. The van der Waals surface area contributed by atoms with Crippen LogP contribution in [0.2, 0.25) is 0 Å². The van der Waals surface area contributed by atoms with Crippen LogP contribution in [-0.2, 0) is 12.8 Å². The first-order valence-electron chi connectivity index (χ1n) is 5.47. The summed E-state index contributed by atoms with van der Waals surface area (Å²) in [6.07, 6.45) is 3.05. The number of halogens is 4. The highest BCUT2D eigenvalue weighted by Gasteiger charge is 2.20. The Hall–Kier alpha value is -0.685. The molecule has 2 rings (SSSR count). The lowest BCUT2D eigenvalue weighted by Gasteiger charge is -2.24. The number of rotatable bonds is 1. The maximum Gasteiger partial charge on any atom is 0.762 e. The third-order valence-electron chi connectivity index (χ3n) is 2.78. The molecule has 18 heavy (non-hydrogen) atoms. The van der Waals surface area contributed by atoms with E-state index in [-0.39, 0.29) is 6.04 Å². The first-order chi connectivity index (χ1) is 8.45. The minimum atomic E-state index is -3.67. The molecule has 100 valence electrons. The SMILES string of the molecule is COc1ccc(Br)c2c1CC(N)CC2.FB(F)F. The molecule has 2 N–H and O–H groups in total. The Morgan fingerprint density at radius 3 is 2.50 bits per heavy atom. The fourth-order valence-corrected chi connectivity index (χ4v) is 2.59. The Balaban J connectivity index is 0.000000357. The number of ether oxygens (including phenoxy) is 1. The molecule has 7 heteroatoms. The highest BCUT2D eigenvalue weighted by atomic mass is 79.9. The van der Waals surface area contributed by atoms with Crippen molar-refractivity contribution in [3.63, 3.8) is 0 Å². The van der Waals surface area contributed by atoms with Crippen LogP contribution in [0, 0.1) is 0 Å². The van der Waals surface area contributed by atoms with Crippen LogP contribution >= 0.6 is 15.9 Å². The van der Waals surface area contributed by atoms with Gasteiger partial charge in [0, 0.05) is 10.5 Å². The standard InChI is InChI=1S/C11H14BrNO.BF3/c1-14-11-5-4-10(12)8-3-2-7(13)6-9(8)11;2-1(3)4/h4-5,7H,2-3,6,13H2,1H3;. The number of hydrogen-bond acceptors (Lipinski definition) is 2. The molecule has 0 bridgehead atoms. The second-order valence-corrected chi connectivity index (χ2v) is 4.81. The average molecular weight is 324 g/mol. The molecule has 1 aliphatic carbocycles. The zero-order valence-electron chi connectivity index (χ0n) is 9.93. The minimum absolute atomic E-state index is 0.283. The van der Waals surface area contributed by atoms with E-state index in [9.17, 15) is 12.9 Å². The van der Waals surface area contributed by atoms with Crippen molar-refractivity contribution in [3.05, 3.63) is 27.7 Å². The molecule has 1 aromatic rings. The fourth-order valence-electron chi connectivity index (χ4n) is 2.02. The molecule has 0 fully saturated rings. The van der Waals surface area contributed by atoms with E-state index in [4.69, 9.17) is 10.5 Å². The molecule has 0 aromatic heterocycles. The topological polar surface area (TPSA) is 35.2 Å². The molecule has 0 radical (unpaired) electrons. The second-order valence-electron chi connectivity index (χ2n) is 3.96. The normalized spacial score (nSPS) is 17.3. The van der Waals surface area contributed by atoms with Gasteiger partial charge < -0.3 is 10.5 Å². The van der Waals surface area contributed by atoms with Gasteiger partial charge in [0.15, 0.2) is 0 Å². The van der Waals surface area contributed by atoms with Crippen LogP contribution < -0.4 is 10.5 Å². The fraction of sp³-hybridized carbons (Fsp3) is 0.455. The summed E-state index contributed by atoms with van der Waals surface area (Å²) in [6, 6.07) is 4.33. The average Bonchev–Trinajstić information content (AvgIpc) is 2.28. The van der Waals surface area contributed by atoms with Gasteiger partial charge in [-0.3, -0.25) is 12.9 Å². The smallest absolute Gasteiger partial charge is 0.496 e. The van der Waals surface area contributed by atoms with Crippen molar-refractivity contribution in [1.82, 2.24) is 0 Å². The summed E-state index contributed by atoms with van der Waals surface area (Å²) < 4.78 is 35.5. The first-order valence-corrected chi connectivity index (χ1v) is 6.27. The molecule has 0 aliphatic heterocycles. The highest BCUT2D eigenvalue weighted by molar-refractivity contribution is 9.10. The van der Waals surface area contributed by atoms with E-state index in [1.54, 1.807) is 7.11 Å². The molecular weight excluding hydrogens is 310 g/mol. The molecule has 2 nitrogen and oxygen atoms in total. The Labute approximate surface area is 113 Å². The summed E-state index contributed by atoms with van der Waals surface area (Å²) in [5, 5.41) is 0. The monoisotopic (exact) mass is 323 g/mol. The van der Waals surface area contributed by atoms with Crippen LogP contribution in [0.1, 0.15) is 17.5 Å². The maximum atomic E-state index is 9.67. The Morgan fingerprint density at radius 2 is 1.94 bits per heavy atom. The third kappa shape index (κ3) is 4.21. The Bertz CT molecular complexity index is 403. The van der Waals surface area contributed by atoms with Crippen LogP contribution in [0.4, 0.5) is 12.9 Å².